The number of carbonyl (C=O) groups excluding carboxylic acids is 1. The Bertz CT molecular complexity index is 1040. The predicted octanol–water partition coefficient (Wildman–Crippen LogP) is 5.30. The van der Waals surface area contributed by atoms with Gasteiger partial charge in [0.2, 0.25) is 0 Å². The van der Waals surface area contributed by atoms with Gasteiger partial charge in [0.25, 0.3) is 5.91 Å². The summed E-state index contributed by atoms with van der Waals surface area (Å²) in [6.45, 7) is 2.53. The number of ether oxygens (including phenoxy) is 1. The van der Waals surface area contributed by atoms with E-state index < -0.39 is 0 Å². The molecule has 0 radical (unpaired) electrons. The summed E-state index contributed by atoms with van der Waals surface area (Å²) in [4.78, 5) is 20.7. The molecule has 3 aromatic rings. The lowest BCUT2D eigenvalue weighted by Crippen LogP contribution is -2.44. The molecule has 1 aromatic carbocycles. The van der Waals surface area contributed by atoms with E-state index in [0.29, 0.717) is 12.6 Å². The van der Waals surface area contributed by atoms with E-state index in [1.165, 1.54) is 11.3 Å². The van der Waals surface area contributed by atoms with Crippen LogP contribution in [-0.2, 0) is 6.54 Å². The summed E-state index contributed by atoms with van der Waals surface area (Å²) < 4.78 is 5.70. The number of carbonyl (C=O) groups is 1. The van der Waals surface area contributed by atoms with E-state index in [0.717, 1.165) is 58.7 Å². The number of aromatic nitrogens is 1. The smallest absolute Gasteiger partial charge is 0.264 e. The maximum absolute atomic E-state index is 13.5. The molecule has 0 saturated heterocycles. The second-order valence-corrected chi connectivity index (χ2v) is 9.36. The summed E-state index contributed by atoms with van der Waals surface area (Å²) in [6.07, 6.45) is 6.02. The first-order valence-electron chi connectivity index (χ1n) is 11.2. The number of nitrogens with zero attached hydrogens (tertiary/aromatic N) is 2. The zero-order chi connectivity index (χ0) is 22.5. The Morgan fingerprint density at radius 3 is 2.59 bits per heavy atom. The van der Waals surface area contributed by atoms with Gasteiger partial charge in [0.05, 0.1) is 12.0 Å². The lowest BCUT2D eigenvalue weighted by atomic mass is 9.89. The van der Waals surface area contributed by atoms with Gasteiger partial charge in [0, 0.05) is 36.1 Å². The van der Waals surface area contributed by atoms with Gasteiger partial charge in [-0.15, -0.1) is 11.3 Å². The lowest BCUT2D eigenvalue weighted by Gasteiger charge is -2.37. The Balaban J connectivity index is 1.66. The van der Waals surface area contributed by atoms with E-state index in [-0.39, 0.29) is 11.9 Å². The van der Waals surface area contributed by atoms with Crippen molar-refractivity contribution in [2.24, 2.45) is 0 Å². The zero-order valence-electron chi connectivity index (χ0n) is 19.0. The highest BCUT2D eigenvalue weighted by molar-refractivity contribution is 7.12. The summed E-state index contributed by atoms with van der Waals surface area (Å²) in [5.41, 5.74) is 4.23. The molecule has 2 aromatic heterocycles. The quantitative estimate of drug-likeness (QED) is 0.532. The SMILES string of the molecule is CNC1CCC(N(Cc2cc(-c3ccnc(C)c3)ccc2OC)C(=O)c2cccs2)CC1. The average Bonchev–Trinajstić information content (AvgIpc) is 3.37. The number of aryl methyl sites for hydroxylation is 1. The largest absolute Gasteiger partial charge is 0.496 e. The Hall–Kier alpha value is -2.70. The van der Waals surface area contributed by atoms with Crippen LogP contribution in [0.15, 0.2) is 54.0 Å². The number of hydrogen-bond acceptors (Lipinski definition) is 5. The first-order chi connectivity index (χ1) is 15.6. The van der Waals surface area contributed by atoms with E-state index in [4.69, 9.17) is 4.74 Å². The Morgan fingerprint density at radius 1 is 1.16 bits per heavy atom. The van der Waals surface area contributed by atoms with Crippen molar-refractivity contribution < 1.29 is 9.53 Å². The molecule has 1 aliphatic rings. The molecule has 0 atom stereocenters. The van der Waals surface area contributed by atoms with Crippen molar-refractivity contribution in [2.75, 3.05) is 14.2 Å². The number of hydrogen-bond donors (Lipinski definition) is 1. The van der Waals surface area contributed by atoms with Crippen molar-refractivity contribution in [3.63, 3.8) is 0 Å². The number of pyridine rings is 1. The second kappa shape index (κ2) is 10.3. The van der Waals surface area contributed by atoms with E-state index in [9.17, 15) is 4.79 Å². The van der Waals surface area contributed by atoms with Gasteiger partial charge in [-0.25, -0.2) is 0 Å². The maximum Gasteiger partial charge on any atom is 0.264 e. The monoisotopic (exact) mass is 449 g/mol. The topological polar surface area (TPSA) is 54.5 Å². The highest BCUT2D eigenvalue weighted by atomic mass is 32.1. The van der Waals surface area contributed by atoms with E-state index in [1.807, 2.05) is 49.8 Å². The molecule has 1 saturated carbocycles. The molecule has 1 aliphatic carbocycles. The molecule has 1 N–H and O–H groups in total. The normalized spacial score (nSPS) is 18.3. The molecule has 0 spiro atoms. The van der Waals surface area contributed by atoms with Gasteiger partial charge in [0.15, 0.2) is 0 Å². The van der Waals surface area contributed by atoms with Crippen molar-refractivity contribution in [1.82, 2.24) is 15.2 Å². The van der Waals surface area contributed by atoms with Gasteiger partial charge >= 0.3 is 0 Å². The van der Waals surface area contributed by atoms with Gasteiger partial charge in [-0.3, -0.25) is 9.78 Å². The minimum Gasteiger partial charge on any atom is -0.496 e. The van der Waals surface area contributed by atoms with Gasteiger partial charge in [0.1, 0.15) is 5.75 Å². The van der Waals surface area contributed by atoms with Crippen molar-refractivity contribution >= 4 is 17.2 Å². The van der Waals surface area contributed by atoms with Crippen LogP contribution < -0.4 is 10.1 Å². The fraction of sp³-hybridized carbons (Fsp3) is 0.385. The average molecular weight is 450 g/mol. The van der Waals surface area contributed by atoms with E-state index in [2.05, 4.69) is 33.4 Å². The third kappa shape index (κ3) is 5.03. The molecular weight excluding hydrogens is 418 g/mol. The van der Waals surface area contributed by atoms with Crippen LogP contribution in [0.25, 0.3) is 11.1 Å². The van der Waals surface area contributed by atoms with Crippen LogP contribution in [-0.4, -0.2) is 42.0 Å². The third-order valence-corrected chi connectivity index (χ3v) is 7.25. The van der Waals surface area contributed by atoms with Crippen molar-refractivity contribution in [3.8, 4) is 16.9 Å². The summed E-state index contributed by atoms with van der Waals surface area (Å²) in [6, 6.07) is 15.0. The van der Waals surface area contributed by atoms with Gasteiger partial charge in [-0.05, 0) is 86.5 Å². The number of methoxy groups -OCH3 is 1. The molecule has 0 bridgehead atoms. The van der Waals surface area contributed by atoms with Crippen LogP contribution >= 0.6 is 11.3 Å². The molecule has 6 heteroatoms. The lowest BCUT2D eigenvalue weighted by molar-refractivity contribution is 0.0604. The number of thiophene rings is 1. The van der Waals surface area contributed by atoms with Crippen LogP contribution in [0.4, 0.5) is 0 Å². The summed E-state index contributed by atoms with van der Waals surface area (Å²) in [5, 5.41) is 5.36. The predicted molar refractivity (Wildman–Crippen MR) is 130 cm³/mol. The number of amides is 1. The van der Waals surface area contributed by atoms with Crippen molar-refractivity contribution in [3.05, 3.63) is 70.2 Å². The van der Waals surface area contributed by atoms with Gasteiger partial charge < -0.3 is 15.0 Å². The minimum absolute atomic E-state index is 0.111. The van der Waals surface area contributed by atoms with Crippen molar-refractivity contribution in [1.29, 1.82) is 0 Å². The van der Waals surface area contributed by atoms with Crippen LogP contribution in [0.2, 0.25) is 0 Å². The molecule has 4 rings (SSSR count). The Labute approximate surface area is 194 Å². The Kier molecular flexibility index (Phi) is 7.22. The van der Waals surface area contributed by atoms with E-state index in [1.54, 1.807) is 7.11 Å². The Morgan fingerprint density at radius 2 is 1.94 bits per heavy atom. The molecule has 1 amide bonds. The molecule has 168 valence electrons. The molecule has 1 fully saturated rings. The third-order valence-electron chi connectivity index (χ3n) is 6.39. The second-order valence-electron chi connectivity index (χ2n) is 8.42. The number of benzene rings is 1. The van der Waals surface area contributed by atoms with Crippen LogP contribution in [0, 0.1) is 6.92 Å². The maximum atomic E-state index is 13.5. The number of nitrogens with one attached hydrogen (secondary N) is 1. The fourth-order valence-corrected chi connectivity index (χ4v) is 5.25. The molecule has 32 heavy (non-hydrogen) atoms. The summed E-state index contributed by atoms with van der Waals surface area (Å²) in [5.74, 6) is 0.924. The molecule has 0 unspecified atom stereocenters. The molecule has 0 aliphatic heterocycles. The van der Waals surface area contributed by atoms with Crippen LogP contribution in [0.5, 0.6) is 5.75 Å². The molecular formula is C26H31N3O2S. The van der Waals surface area contributed by atoms with E-state index >= 15 is 0 Å². The van der Waals surface area contributed by atoms with Crippen LogP contribution in [0.1, 0.15) is 46.6 Å². The number of rotatable bonds is 7. The summed E-state index contributed by atoms with van der Waals surface area (Å²) >= 11 is 1.51. The summed E-state index contributed by atoms with van der Waals surface area (Å²) in [7, 11) is 3.72. The van der Waals surface area contributed by atoms with Gasteiger partial charge in [-0.1, -0.05) is 12.1 Å². The van der Waals surface area contributed by atoms with Crippen molar-refractivity contribution in [2.45, 2.75) is 51.2 Å². The fourth-order valence-electron chi connectivity index (χ4n) is 4.58. The molecule has 5 nitrogen and oxygen atoms in total. The minimum atomic E-state index is 0.111. The first-order valence-corrected chi connectivity index (χ1v) is 12.1. The molecule has 2 heterocycles. The zero-order valence-corrected chi connectivity index (χ0v) is 19.8. The van der Waals surface area contributed by atoms with Gasteiger partial charge in [-0.2, -0.15) is 0 Å². The highest BCUT2D eigenvalue weighted by Gasteiger charge is 2.30. The van der Waals surface area contributed by atoms with Crippen LogP contribution in [0.3, 0.4) is 0 Å². The first kappa shape index (κ1) is 22.5. The standard InChI is InChI=1S/C26H31N3O2S/c1-18-15-20(12-13-28-18)19-6-11-24(31-3)21(16-19)17-29(26(30)25-5-4-14-32-25)23-9-7-22(27-2)8-10-23/h4-6,11-16,22-23,27H,7-10,17H2,1-3H3. The highest BCUT2D eigenvalue weighted by Crippen LogP contribution is 2.32.